The number of hydrogen-bond acceptors (Lipinski definition) is 4. The van der Waals surface area contributed by atoms with Gasteiger partial charge < -0.3 is 4.79 Å². The Balaban J connectivity index is 0.000000852. The molecule has 3 unspecified atom stereocenters. The molecule has 240 valence electrons. The van der Waals surface area contributed by atoms with Crippen LogP contribution >= 0.6 is 0 Å². The van der Waals surface area contributed by atoms with Gasteiger partial charge in [-0.3, -0.25) is 14.4 Å². The minimum absolute atomic E-state index is 0.0460. The van der Waals surface area contributed by atoms with Crippen molar-refractivity contribution in [3.63, 3.8) is 0 Å². The third-order valence-corrected chi connectivity index (χ3v) is 8.42. The van der Waals surface area contributed by atoms with Crippen LogP contribution in [-0.4, -0.2) is 23.1 Å². The van der Waals surface area contributed by atoms with Crippen LogP contribution in [0.1, 0.15) is 167 Å². The maximum atomic E-state index is 12.7. The first-order valence-electron chi connectivity index (χ1n) is 17.1. The predicted molar refractivity (Wildman–Crippen MR) is 178 cm³/mol. The lowest BCUT2D eigenvalue weighted by atomic mass is 9.72. The summed E-state index contributed by atoms with van der Waals surface area (Å²) in [7, 11) is 0. The van der Waals surface area contributed by atoms with Gasteiger partial charge in [0.2, 0.25) is 0 Å². The Hall–Kier alpha value is -2.10. The molecule has 0 aromatic heterocycles. The number of Topliss-reactive ketones (excluding diaryl/α,β-unsaturated/α-hetero) is 4. The van der Waals surface area contributed by atoms with Crippen molar-refractivity contribution in [3.05, 3.63) is 34.9 Å². The minimum Gasteiger partial charge on any atom is -0.300 e. The van der Waals surface area contributed by atoms with E-state index in [9.17, 15) is 19.2 Å². The van der Waals surface area contributed by atoms with Crippen LogP contribution in [-0.2, 0) is 20.8 Å². The summed E-state index contributed by atoms with van der Waals surface area (Å²) in [5.41, 5.74) is 3.14. The zero-order valence-electron chi connectivity index (χ0n) is 28.8. The second-order valence-electron chi connectivity index (χ2n) is 12.7. The molecule has 4 nitrogen and oxygen atoms in total. The zero-order chi connectivity index (χ0) is 32.1. The molecule has 2 aliphatic rings. The second-order valence-corrected chi connectivity index (χ2v) is 12.7. The molecule has 0 aliphatic heterocycles. The smallest absolute Gasteiger partial charge is 0.163 e. The molecule has 0 heterocycles. The highest BCUT2D eigenvalue weighted by Crippen LogP contribution is 2.36. The van der Waals surface area contributed by atoms with Crippen molar-refractivity contribution in [3.8, 4) is 0 Å². The van der Waals surface area contributed by atoms with Gasteiger partial charge in [0.1, 0.15) is 17.3 Å². The van der Waals surface area contributed by atoms with Crippen LogP contribution in [0.25, 0.3) is 0 Å². The molecule has 4 heteroatoms. The van der Waals surface area contributed by atoms with Crippen LogP contribution in [0.3, 0.4) is 0 Å². The van der Waals surface area contributed by atoms with Crippen molar-refractivity contribution >= 4 is 23.1 Å². The van der Waals surface area contributed by atoms with Gasteiger partial charge in [0.15, 0.2) is 5.78 Å². The molecular weight excluding hydrogens is 520 g/mol. The van der Waals surface area contributed by atoms with Gasteiger partial charge in [0.05, 0.1) is 6.42 Å². The molecule has 3 rings (SSSR count). The van der Waals surface area contributed by atoms with Gasteiger partial charge in [0.25, 0.3) is 0 Å². The van der Waals surface area contributed by atoms with E-state index in [2.05, 4.69) is 33.8 Å². The summed E-state index contributed by atoms with van der Waals surface area (Å²) < 4.78 is 0. The van der Waals surface area contributed by atoms with E-state index in [4.69, 9.17) is 0 Å². The maximum Gasteiger partial charge on any atom is 0.163 e. The van der Waals surface area contributed by atoms with Crippen LogP contribution in [0, 0.1) is 30.6 Å². The molecule has 1 saturated carbocycles. The molecule has 0 spiro atoms. The van der Waals surface area contributed by atoms with E-state index in [0.29, 0.717) is 12.3 Å². The van der Waals surface area contributed by atoms with Gasteiger partial charge in [-0.25, -0.2) is 0 Å². The highest BCUT2D eigenvalue weighted by Gasteiger charge is 2.32. The first-order chi connectivity index (χ1) is 20.0. The molecular formula is C38H64O4. The molecule has 0 radical (unpaired) electrons. The first-order valence-corrected chi connectivity index (χ1v) is 17.1. The monoisotopic (exact) mass is 584 g/mol. The Bertz CT molecular complexity index is 925. The van der Waals surface area contributed by atoms with Gasteiger partial charge in [-0.05, 0) is 75.3 Å². The Morgan fingerprint density at radius 1 is 0.857 bits per heavy atom. The highest BCUT2D eigenvalue weighted by atomic mass is 16.1. The molecule has 3 atom stereocenters. The number of rotatable bonds is 12. The van der Waals surface area contributed by atoms with Crippen molar-refractivity contribution in [2.24, 2.45) is 23.7 Å². The summed E-state index contributed by atoms with van der Waals surface area (Å²) in [6.45, 7) is 17.8. The predicted octanol–water partition coefficient (Wildman–Crippen LogP) is 10.5. The second kappa shape index (κ2) is 23.4. The van der Waals surface area contributed by atoms with Gasteiger partial charge in [-0.15, -0.1) is 0 Å². The molecule has 0 N–H and O–H groups in total. The summed E-state index contributed by atoms with van der Waals surface area (Å²) in [6, 6.07) is 6.10. The van der Waals surface area contributed by atoms with Gasteiger partial charge in [-0.1, -0.05) is 111 Å². The summed E-state index contributed by atoms with van der Waals surface area (Å²) >= 11 is 0. The van der Waals surface area contributed by atoms with Crippen LogP contribution in [0.15, 0.2) is 18.2 Å². The van der Waals surface area contributed by atoms with E-state index >= 15 is 0 Å². The number of carbonyl (C=O) groups excluding carboxylic acids is 4. The third kappa shape index (κ3) is 15.9. The fourth-order valence-corrected chi connectivity index (χ4v) is 6.46. The van der Waals surface area contributed by atoms with Gasteiger partial charge in [-0.2, -0.15) is 0 Å². The molecule has 2 aliphatic carbocycles. The van der Waals surface area contributed by atoms with Crippen molar-refractivity contribution in [2.45, 2.75) is 159 Å². The van der Waals surface area contributed by atoms with E-state index in [-0.39, 0.29) is 41.4 Å². The topological polar surface area (TPSA) is 68.3 Å². The molecule has 0 amide bonds. The molecule has 1 aromatic carbocycles. The summed E-state index contributed by atoms with van der Waals surface area (Å²) in [5.74, 6) is 2.16. The minimum atomic E-state index is -0.0622. The Morgan fingerprint density at radius 2 is 1.48 bits per heavy atom. The highest BCUT2D eigenvalue weighted by molar-refractivity contribution is 6.00. The van der Waals surface area contributed by atoms with E-state index in [1.54, 1.807) is 6.92 Å². The summed E-state index contributed by atoms with van der Waals surface area (Å²) in [4.78, 5) is 46.7. The number of aryl methyl sites for hydroxylation is 1. The number of hydrogen-bond donors (Lipinski definition) is 0. The SMILES string of the molecule is CCC.CCC1CCCC1.CCCC(C)=O.CCCC(CC1CC(=O)c2c(C)cccc2C1)C(CC)C(=O)CC(C)=O. The average Bonchev–Trinajstić information content (AvgIpc) is 3.44. The molecule has 1 aromatic rings. The molecule has 1 fully saturated rings. The Labute approximate surface area is 259 Å². The van der Waals surface area contributed by atoms with Crippen LogP contribution in [0.2, 0.25) is 0 Å². The lowest BCUT2D eigenvalue weighted by molar-refractivity contribution is -0.130. The van der Waals surface area contributed by atoms with E-state index in [1.807, 2.05) is 32.9 Å². The van der Waals surface area contributed by atoms with E-state index < -0.39 is 0 Å². The maximum absolute atomic E-state index is 12.7. The van der Waals surface area contributed by atoms with Crippen LogP contribution < -0.4 is 0 Å². The van der Waals surface area contributed by atoms with Crippen molar-refractivity contribution in [1.29, 1.82) is 0 Å². The lowest BCUT2D eigenvalue weighted by Gasteiger charge is -2.31. The van der Waals surface area contributed by atoms with Gasteiger partial charge >= 0.3 is 0 Å². The van der Waals surface area contributed by atoms with Crippen molar-refractivity contribution in [2.75, 3.05) is 0 Å². The van der Waals surface area contributed by atoms with Crippen LogP contribution in [0.5, 0.6) is 0 Å². The largest absolute Gasteiger partial charge is 0.300 e. The molecule has 42 heavy (non-hydrogen) atoms. The number of benzene rings is 1. The quantitative estimate of drug-likeness (QED) is 0.229. The van der Waals surface area contributed by atoms with Crippen LogP contribution in [0.4, 0.5) is 0 Å². The summed E-state index contributed by atoms with van der Waals surface area (Å²) in [6.07, 6.45) is 15.6. The average molecular weight is 585 g/mol. The number of fused-ring (bicyclic) bond motifs is 1. The fourth-order valence-electron chi connectivity index (χ4n) is 6.46. The fraction of sp³-hybridized carbons (Fsp3) is 0.737. The molecule has 0 saturated heterocycles. The Kier molecular flexibility index (Phi) is 22.2. The van der Waals surface area contributed by atoms with E-state index in [1.165, 1.54) is 45.4 Å². The Morgan fingerprint density at radius 3 is 1.90 bits per heavy atom. The van der Waals surface area contributed by atoms with E-state index in [0.717, 1.165) is 67.6 Å². The number of ketones is 4. The van der Waals surface area contributed by atoms with Crippen molar-refractivity contribution in [1.82, 2.24) is 0 Å². The lowest BCUT2D eigenvalue weighted by Crippen LogP contribution is -2.29. The zero-order valence-corrected chi connectivity index (χ0v) is 28.8. The normalized spacial score (nSPS) is 17.3. The standard InChI is InChI=1S/C23H32O3.C7H14.C5H10O.C3H8/c1-5-8-18(20(6-2)21(25)11-16(4)24)12-17-13-19-10-7-9-15(3)23(19)22(26)14-17;1-2-7-5-3-4-6-7;1-3-4-5(2)6;1-3-2/h7,9-10,17-18,20H,5-6,8,11-14H2,1-4H3;7H,2-6H2,1H3;3-4H2,1-2H3;3H2,1-2H3. The third-order valence-electron chi connectivity index (χ3n) is 8.42. The van der Waals surface area contributed by atoms with Gasteiger partial charge in [0, 0.05) is 24.3 Å². The van der Waals surface area contributed by atoms with Crippen molar-refractivity contribution < 1.29 is 19.2 Å². The first kappa shape index (κ1) is 39.9. The number of carbonyl (C=O) groups is 4. The molecule has 0 bridgehead atoms. The summed E-state index contributed by atoms with van der Waals surface area (Å²) in [5, 5.41) is 0.